The number of hydrogen-bond acceptors (Lipinski definition) is 3. The quantitative estimate of drug-likeness (QED) is 0.457. The van der Waals surface area contributed by atoms with Crippen LogP contribution in [0.4, 0.5) is 0 Å². The first-order valence-electron chi connectivity index (χ1n) is 10.2. The van der Waals surface area contributed by atoms with Crippen molar-refractivity contribution in [2.45, 2.75) is 32.2 Å². The highest BCUT2D eigenvalue weighted by Crippen LogP contribution is 2.30. The third kappa shape index (κ3) is 3.42. The zero-order valence-corrected chi connectivity index (χ0v) is 16.3. The second kappa shape index (κ2) is 7.41. The summed E-state index contributed by atoms with van der Waals surface area (Å²) in [7, 11) is 0. The molecule has 0 bridgehead atoms. The molecular weight excluding hydrogens is 364 g/mol. The molecule has 1 aliphatic heterocycles. The molecule has 0 saturated carbocycles. The average molecular weight is 388 g/mol. The van der Waals surface area contributed by atoms with Gasteiger partial charge in [-0.15, -0.1) is 0 Å². The number of aromatic carboxylic acids is 1. The molecule has 2 aromatic carbocycles. The second-order valence-corrected chi connectivity index (χ2v) is 7.86. The van der Waals surface area contributed by atoms with Gasteiger partial charge in [0, 0.05) is 34.6 Å². The summed E-state index contributed by atoms with van der Waals surface area (Å²) in [4.78, 5) is 16.8. The van der Waals surface area contributed by atoms with Crippen molar-refractivity contribution in [3.63, 3.8) is 0 Å². The van der Waals surface area contributed by atoms with Crippen molar-refractivity contribution in [2.24, 2.45) is 0 Å². The topological polar surface area (TPSA) is 69.5 Å². The van der Waals surface area contributed by atoms with Gasteiger partial charge in [0.25, 0.3) is 0 Å². The summed E-state index contributed by atoms with van der Waals surface area (Å²) in [5.41, 5.74) is 4.87. The van der Waals surface area contributed by atoms with Crippen LogP contribution in [0.1, 0.15) is 40.1 Å². The van der Waals surface area contributed by atoms with E-state index < -0.39 is 5.97 Å². The molecule has 2 aromatic heterocycles. The lowest BCUT2D eigenvalue weighted by Crippen LogP contribution is -2.30. The number of nitrogens with one attached hydrogen (secondary N) is 1. The molecule has 5 nitrogen and oxygen atoms in total. The van der Waals surface area contributed by atoms with Gasteiger partial charge in [-0.05, 0) is 56.0 Å². The molecule has 0 unspecified atom stereocenters. The van der Waals surface area contributed by atoms with Crippen LogP contribution in [0.25, 0.3) is 21.9 Å². The number of aromatic amines is 1. The molecule has 2 N–H and O–H groups in total. The number of benzene rings is 2. The van der Waals surface area contributed by atoms with E-state index in [-0.39, 0.29) is 0 Å². The van der Waals surface area contributed by atoms with Crippen molar-refractivity contribution in [2.75, 3.05) is 13.1 Å². The van der Waals surface area contributed by atoms with E-state index in [1.54, 1.807) is 12.1 Å². The van der Waals surface area contributed by atoms with Crippen LogP contribution in [0, 0.1) is 0 Å². The fourth-order valence-corrected chi connectivity index (χ4v) is 4.47. The number of hydrogen-bond donors (Lipinski definition) is 2. The molecule has 1 aliphatic rings. The van der Waals surface area contributed by atoms with Crippen LogP contribution in [0.15, 0.2) is 53.1 Å². The molecule has 0 spiro atoms. The van der Waals surface area contributed by atoms with Crippen LogP contribution in [0.5, 0.6) is 0 Å². The second-order valence-electron chi connectivity index (χ2n) is 7.86. The minimum Gasteiger partial charge on any atom is -0.478 e. The number of furan rings is 1. The summed E-state index contributed by atoms with van der Waals surface area (Å²) < 4.78 is 6.07. The van der Waals surface area contributed by atoms with Crippen LogP contribution in [0.2, 0.25) is 0 Å². The number of aryl methyl sites for hydroxylation is 1. The number of unbranched alkanes of at least 4 members (excludes halogenated alkanes) is 1. The third-order valence-electron chi connectivity index (χ3n) is 6.01. The number of fused-ring (bicyclic) bond motifs is 4. The lowest BCUT2D eigenvalue weighted by molar-refractivity contribution is 0.0697. The lowest BCUT2D eigenvalue weighted by Gasteiger charge is -2.25. The highest BCUT2D eigenvalue weighted by molar-refractivity contribution is 5.94. The number of H-pyrrole nitrogens is 1. The molecule has 0 atom stereocenters. The average Bonchev–Trinajstić information content (AvgIpc) is 3.31. The van der Waals surface area contributed by atoms with Crippen LogP contribution in [-0.2, 0) is 19.4 Å². The zero-order chi connectivity index (χ0) is 19.8. The summed E-state index contributed by atoms with van der Waals surface area (Å²) >= 11 is 0. The van der Waals surface area contributed by atoms with E-state index in [9.17, 15) is 4.79 Å². The standard InChI is InChI=1S/C24H24N2O3/c27-24(28)16-8-9-18-17(14-25-21(18)13-16)5-3-4-11-26-12-10-20-19-6-1-2-7-22(19)29-23(20)15-26/h1-2,6-9,13-14,25H,3-5,10-12,15H2,(H,27,28). The number of carboxylic acids is 1. The maximum Gasteiger partial charge on any atom is 0.335 e. The van der Waals surface area contributed by atoms with E-state index in [0.29, 0.717) is 5.56 Å². The van der Waals surface area contributed by atoms with Crippen LogP contribution in [0.3, 0.4) is 0 Å². The Balaban J connectivity index is 1.17. The minimum absolute atomic E-state index is 0.320. The van der Waals surface area contributed by atoms with Gasteiger partial charge in [0.05, 0.1) is 12.1 Å². The van der Waals surface area contributed by atoms with E-state index >= 15 is 0 Å². The molecule has 0 saturated heterocycles. The Morgan fingerprint density at radius 1 is 1.14 bits per heavy atom. The predicted molar refractivity (Wildman–Crippen MR) is 113 cm³/mol. The number of rotatable bonds is 6. The van der Waals surface area contributed by atoms with Crippen LogP contribution in [-0.4, -0.2) is 34.0 Å². The highest BCUT2D eigenvalue weighted by Gasteiger charge is 2.22. The third-order valence-corrected chi connectivity index (χ3v) is 6.01. The molecule has 148 valence electrons. The molecule has 3 heterocycles. The Bertz CT molecular complexity index is 1190. The number of carboxylic acid groups (broad SMARTS) is 1. The van der Waals surface area contributed by atoms with Crippen LogP contribution >= 0.6 is 0 Å². The molecule has 0 radical (unpaired) electrons. The van der Waals surface area contributed by atoms with E-state index in [1.807, 2.05) is 18.3 Å². The van der Waals surface area contributed by atoms with Crippen molar-refractivity contribution >= 4 is 27.8 Å². The van der Waals surface area contributed by atoms with Gasteiger partial charge >= 0.3 is 5.97 Å². The number of para-hydroxylation sites is 1. The first-order chi connectivity index (χ1) is 14.2. The Morgan fingerprint density at radius 3 is 2.93 bits per heavy atom. The Kier molecular flexibility index (Phi) is 4.60. The number of aromatic nitrogens is 1. The SMILES string of the molecule is O=C(O)c1ccc2c(CCCCN3CCc4c(oc5ccccc45)C3)c[nH]c2c1. The summed E-state index contributed by atoms with van der Waals surface area (Å²) in [6.07, 6.45) is 6.31. The van der Waals surface area contributed by atoms with Crippen molar-refractivity contribution < 1.29 is 14.3 Å². The van der Waals surface area contributed by atoms with Crippen molar-refractivity contribution in [1.29, 1.82) is 0 Å². The van der Waals surface area contributed by atoms with Gasteiger partial charge in [-0.2, -0.15) is 0 Å². The molecule has 0 aliphatic carbocycles. The zero-order valence-electron chi connectivity index (χ0n) is 16.3. The summed E-state index contributed by atoms with van der Waals surface area (Å²) in [5.74, 6) is 0.237. The van der Waals surface area contributed by atoms with Gasteiger partial charge in [-0.25, -0.2) is 4.79 Å². The molecule has 5 rings (SSSR count). The Hall–Kier alpha value is -3.05. The van der Waals surface area contributed by atoms with E-state index in [1.165, 1.54) is 16.5 Å². The molecular formula is C24H24N2O3. The Labute approximate surface area is 168 Å². The summed E-state index contributed by atoms with van der Waals surface area (Å²) in [5, 5.41) is 11.5. The fourth-order valence-electron chi connectivity index (χ4n) is 4.47. The summed E-state index contributed by atoms with van der Waals surface area (Å²) in [6, 6.07) is 13.6. The van der Waals surface area contributed by atoms with Gasteiger partial charge in [-0.1, -0.05) is 24.3 Å². The summed E-state index contributed by atoms with van der Waals surface area (Å²) in [6.45, 7) is 3.05. The molecule has 0 amide bonds. The van der Waals surface area contributed by atoms with Crippen molar-refractivity contribution in [1.82, 2.24) is 9.88 Å². The van der Waals surface area contributed by atoms with Gasteiger partial charge < -0.3 is 14.5 Å². The minimum atomic E-state index is -0.891. The van der Waals surface area contributed by atoms with E-state index in [4.69, 9.17) is 9.52 Å². The first kappa shape index (κ1) is 18.0. The molecule has 0 fully saturated rings. The lowest BCUT2D eigenvalue weighted by atomic mass is 10.0. The predicted octanol–water partition coefficient (Wildman–Crippen LogP) is 4.99. The monoisotopic (exact) mass is 388 g/mol. The normalized spacial score (nSPS) is 14.5. The van der Waals surface area contributed by atoms with Gasteiger partial charge in [0.1, 0.15) is 11.3 Å². The maximum atomic E-state index is 11.1. The molecule has 5 heteroatoms. The smallest absolute Gasteiger partial charge is 0.335 e. The van der Waals surface area contributed by atoms with E-state index in [2.05, 4.69) is 28.1 Å². The van der Waals surface area contributed by atoms with Crippen molar-refractivity contribution in [3.8, 4) is 0 Å². The van der Waals surface area contributed by atoms with Crippen molar-refractivity contribution in [3.05, 3.63) is 71.1 Å². The van der Waals surface area contributed by atoms with Gasteiger partial charge in [-0.3, -0.25) is 4.90 Å². The van der Waals surface area contributed by atoms with E-state index in [0.717, 1.165) is 67.6 Å². The first-order valence-corrected chi connectivity index (χ1v) is 10.2. The highest BCUT2D eigenvalue weighted by atomic mass is 16.4. The van der Waals surface area contributed by atoms with Crippen LogP contribution < -0.4 is 0 Å². The maximum absolute atomic E-state index is 11.1. The van der Waals surface area contributed by atoms with Gasteiger partial charge in [0.15, 0.2) is 0 Å². The molecule has 29 heavy (non-hydrogen) atoms. The largest absolute Gasteiger partial charge is 0.478 e. The number of nitrogens with zero attached hydrogens (tertiary/aromatic N) is 1. The Morgan fingerprint density at radius 2 is 2.03 bits per heavy atom. The number of carbonyl (C=O) groups is 1. The fraction of sp³-hybridized carbons (Fsp3) is 0.292. The van der Waals surface area contributed by atoms with Gasteiger partial charge in [0.2, 0.25) is 0 Å². The molecule has 4 aromatic rings.